The maximum atomic E-state index is 12.9. The van der Waals surface area contributed by atoms with E-state index < -0.39 is 12.0 Å². The van der Waals surface area contributed by atoms with Gasteiger partial charge in [0.05, 0.1) is 12.2 Å². The standard InChI is InChI=1S/C21H19NO4/c23-16(19-10-5-13-25-19)11-12-22-21(24)20-14-6-1-3-8-17(14)26-18-9-4-2-7-15(18)20/h1-10,13,16,20,23H,11-12H2,(H,22,24). The van der Waals surface area contributed by atoms with Crippen molar-refractivity contribution in [3.8, 4) is 11.5 Å². The molecule has 2 N–H and O–H groups in total. The van der Waals surface area contributed by atoms with Crippen LogP contribution in [-0.4, -0.2) is 17.6 Å². The van der Waals surface area contributed by atoms with Crippen LogP contribution < -0.4 is 10.1 Å². The van der Waals surface area contributed by atoms with Gasteiger partial charge in [-0.05, 0) is 30.7 Å². The minimum absolute atomic E-state index is 0.111. The average molecular weight is 349 g/mol. The Hall–Kier alpha value is -3.05. The van der Waals surface area contributed by atoms with Crippen molar-refractivity contribution in [1.82, 2.24) is 5.32 Å². The zero-order chi connectivity index (χ0) is 17.9. The summed E-state index contributed by atoms with van der Waals surface area (Å²) in [6.07, 6.45) is 1.17. The first-order chi connectivity index (χ1) is 12.7. The molecule has 132 valence electrons. The lowest BCUT2D eigenvalue weighted by Crippen LogP contribution is -2.32. The quantitative estimate of drug-likeness (QED) is 0.736. The number of nitrogens with one attached hydrogen (secondary N) is 1. The number of aliphatic hydroxyl groups is 1. The number of carbonyl (C=O) groups excluding carboxylic acids is 1. The Labute approximate surface area is 151 Å². The maximum Gasteiger partial charge on any atom is 0.232 e. The van der Waals surface area contributed by atoms with Gasteiger partial charge < -0.3 is 19.6 Å². The van der Waals surface area contributed by atoms with E-state index in [1.165, 1.54) is 6.26 Å². The second kappa shape index (κ2) is 7.06. The third kappa shape index (κ3) is 3.09. The van der Waals surface area contributed by atoms with E-state index in [0.717, 1.165) is 11.1 Å². The van der Waals surface area contributed by atoms with Gasteiger partial charge in [0.15, 0.2) is 0 Å². The fourth-order valence-corrected chi connectivity index (χ4v) is 3.25. The molecule has 26 heavy (non-hydrogen) atoms. The zero-order valence-corrected chi connectivity index (χ0v) is 14.1. The highest BCUT2D eigenvalue weighted by Crippen LogP contribution is 2.43. The molecule has 0 spiro atoms. The summed E-state index contributed by atoms with van der Waals surface area (Å²) in [4.78, 5) is 12.9. The third-order valence-corrected chi connectivity index (χ3v) is 4.53. The largest absolute Gasteiger partial charge is 0.467 e. The van der Waals surface area contributed by atoms with Crippen molar-refractivity contribution >= 4 is 5.91 Å². The lowest BCUT2D eigenvalue weighted by Gasteiger charge is -2.27. The smallest absolute Gasteiger partial charge is 0.232 e. The van der Waals surface area contributed by atoms with Gasteiger partial charge in [0, 0.05) is 17.7 Å². The van der Waals surface area contributed by atoms with E-state index in [1.807, 2.05) is 48.5 Å². The van der Waals surface area contributed by atoms with Gasteiger partial charge >= 0.3 is 0 Å². The highest BCUT2D eigenvalue weighted by Gasteiger charge is 2.32. The Morgan fingerprint density at radius 1 is 1.00 bits per heavy atom. The summed E-state index contributed by atoms with van der Waals surface area (Å²) in [6, 6.07) is 18.6. The number of amides is 1. The number of fused-ring (bicyclic) bond motifs is 2. The van der Waals surface area contributed by atoms with Crippen LogP contribution in [0.3, 0.4) is 0 Å². The van der Waals surface area contributed by atoms with Crippen molar-refractivity contribution < 1.29 is 19.1 Å². The molecule has 0 bridgehead atoms. The number of aliphatic hydroxyl groups excluding tert-OH is 1. The van der Waals surface area contributed by atoms with Gasteiger partial charge in [-0.15, -0.1) is 0 Å². The van der Waals surface area contributed by atoms with E-state index in [-0.39, 0.29) is 5.91 Å². The molecule has 0 fully saturated rings. The molecule has 4 rings (SSSR count). The Morgan fingerprint density at radius 3 is 2.27 bits per heavy atom. The Bertz CT molecular complexity index is 858. The minimum Gasteiger partial charge on any atom is -0.467 e. The summed E-state index contributed by atoms with van der Waals surface area (Å²) in [5, 5.41) is 13.0. The molecule has 0 saturated heterocycles. The molecule has 2 heterocycles. The number of hydrogen-bond donors (Lipinski definition) is 2. The van der Waals surface area contributed by atoms with Gasteiger partial charge in [0.1, 0.15) is 23.4 Å². The van der Waals surface area contributed by atoms with Gasteiger partial charge in [-0.2, -0.15) is 0 Å². The summed E-state index contributed by atoms with van der Waals surface area (Å²) in [5.74, 6) is 1.35. The minimum atomic E-state index is -0.737. The predicted octanol–water partition coefficient (Wildman–Crippen LogP) is 3.76. The molecule has 3 aromatic rings. The molecule has 1 aromatic heterocycles. The first-order valence-electron chi connectivity index (χ1n) is 8.59. The van der Waals surface area contributed by atoms with E-state index in [1.54, 1.807) is 12.1 Å². The summed E-state index contributed by atoms with van der Waals surface area (Å²) in [5.41, 5.74) is 1.69. The number of para-hydroxylation sites is 2. The van der Waals surface area contributed by atoms with Gasteiger partial charge in [0.25, 0.3) is 0 Å². The SMILES string of the molecule is O=C(NCCC(O)c1ccco1)C1c2ccccc2Oc2ccccc21. The van der Waals surface area contributed by atoms with E-state index in [2.05, 4.69) is 5.32 Å². The monoisotopic (exact) mass is 349 g/mol. The van der Waals surface area contributed by atoms with Crippen LogP contribution >= 0.6 is 0 Å². The molecule has 1 amide bonds. The maximum absolute atomic E-state index is 12.9. The Balaban J connectivity index is 1.50. The Kier molecular flexibility index (Phi) is 4.46. The molecule has 1 unspecified atom stereocenters. The van der Waals surface area contributed by atoms with Gasteiger partial charge in [-0.25, -0.2) is 0 Å². The highest BCUT2D eigenvalue weighted by molar-refractivity contribution is 5.89. The number of ether oxygens (including phenoxy) is 1. The fourth-order valence-electron chi connectivity index (χ4n) is 3.25. The molecular weight excluding hydrogens is 330 g/mol. The number of carbonyl (C=O) groups is 1. The van der Waals surface area contributed by atoms with Crippen molar-refractivity contribution in [2.24, 2.45) is 0 Å². The summed E-state index contributed by atoms with van der Waals surface area (Å²) in [7, 11) is 0. The van der Waals surface area contributed by atoms with Crippen LogP contribution in [0.15, 0.2) is 71.3 Å². The molecule has 1 aliphatic rings. The van der Waals surface area contributed by atoms with Crippen molar-refractivity contribution in [3.63, 3.8) is 0 Å². The van der Waals surface area contributed by atoms with Crippen LogP contribution in [0.1, 0.15) is 35.3 Å². The van der Waals surface area contributed by atoms with Crippen LogP contribution in [0.4, 0.5) is 0 Å². The van der Waals surface area contributed by atoms with Gasteiger partial charge in [-0.1, -0.05) is 36.4 Å². The zero-order valence-electron chi connectivity index (χ0n) is 14.1. The highest BCUT2D eigenvalue weighted by atomic mass is 16.5. The summed E-state index contributed by atoms with van der Waals surface area (Å²) in [6.45, 7) is 0.350. The molecule has 0 radical (unpaired) electrons. The lowest BCUT2D eigenvalue weighted by atomic mass is 9.87. The van der Waals surface area contributed by atoms with E-state index in [0.29, 0.717) is 30.2 Å². The summed E-state index contributed by atoms with van der Waals surface area (Å²) < 4.78 is 11.1. The Morgan fingerprint density at radius 2 is 1.65 bits per heavy atom. The average Bonchev–Trinajstić information content (AvgIpc) is 3.20. The van der Waals surface area contributed by atoms with Crippen molar-refractivity contribution in [2.75, 3.05) is 6.54 Å². The normalized spacial score (nSPS) is 14.0. The third-order valence-electron chi connectivity index (χ3n) is 4.53. The predicted molar refractivity (Wildman–Crippen MR) is 96.1 cm³/mol. The lowest BCUT2D eigenvalue weighted by molar-refractivity contribution is -0.121. The number of hydrogen-bond acceptors (Lipinski definition) is 4. The molecule has 1 atom stereocenters. The molecule has 5 nitrogen and oxygen atoms in total. The van der Waals surface area contributed by atoms with E-state index in [9.17, 15) is 9.90 Å². The molecule has 0 saturated carbocycles. The van der Waals surface area contributed by atoms with Crippen LogP contribution in [0.25, 0.3) is 0 Å². The molecule has 5 heteroatoms. The van der Waals surface area contributed by atoms with Crippen LogP contribution in [0, 0.1) is 0 Å². The molecule has 1 aliphatic heterocycles. The first kappa shape index (κ1) is 16.4. The fraction of sp³-hybridized carbons (Fsp3) is 0.190. The number of rotatable bonds is 5. The van der Waals surface area contributed by atoms with Crippen molar-refractivity contribution in [1.29, 1.82) is 0 Å². The van der Waals surface area contributed by atoms with E-state index in [4.69, 9.17) is 9.15 Å². The number of benzene rings is 2. The van der Waals surface area contributed by atoms with Gasteiger partial charge in [-0.3, -0.25) is 4.79 Å². The van der Waals surface area contributed by atoms with Gasteiger partial charge in [0.2, 0.25) is 5.91 Å². The van der Waals surface area contributed by atoms with E-state index >= 15 is 0 Å². The van der Waals surface area contributed by atoms with Crippen molar-refractivity contribution in [3.05, 3.63) is 83.8 Å². The molecule has 0 aliphatic carbocycles. The van der Waals surface area contributed by atoms with Crippen LogP contribution in [-0.2, 0) is 4.79 Å². The first-order valence-corrected chi connectivity index (χ1v) is 8.59. The second-order valence-electron chi connectivity index (χ2n) is 6.22. The summed E-state index contributed by atoms with van der Waals surface area (Å²) >= 11 is 0. The second-order valence-corrected chi connectivity index (χ2v) is 6.22. The molecule has 2 aromatic carbocycles. The van der Waals surface area contributed by atoms with Crippen LogP contribution in [0.2, 0.25) is 0 Å². The van der Waals surface area contributed by atoms with Crippen LogP contribution in [0.5, 0.6) is 11.5 Å². The van der Waals surface area contributed by atoms with Crippen molar-refractivity contribution in [2.45, 2.75) is 18.4 Å². The number of furan rings is 1. The molecular formula is C21H19NO4. The topological polar surface area (TPSA) is 71.7 Å².